The van der Waals surface area contributed by atoms with Gasteiger partial charge in [0.2, 0.25) is 0 Å². The summed E-state index contributed by atoms with van der Waals surface area (Å²) < 4.78 is 2.44. The van der Waals surface area contributed by atoms with Crippen molar-refractivity contribution < 1.29 is 0 Å². The fourth-order valence-corrected chi connectivity index (χ4v) is 1.65. The van der Waals surface area contributed by atoms with Gasteiger partial charge in [0.25, 0.3) is 0 Å². The molecule has 0 aliphatic carbocycles. The number of aryl methyl sites for hydroxylation is 1. The molecule has 0 bridgehead atoms. The minimum atomic E-state index is 0.558. The number of nitriles is 1. The second-order valence-corrected chi connectivity index (χ2v) is 4.15. The Hall–Kier alpha value is -1.80. The summed E-state index contributed by atoms with van der Waals surface area (Å²) in [7, 11) is 0. The smallest absolute Gasteiger partial charge is 0.141 e. The van der Waals surface area contributed by atoms with E-state index in [4.69, 9.17) is 11.0 Å². The predicted octanol–water partition coefficient (Wildman–Crippen LogP) is 2.40. The van der Waals surface area contributed by atoms with Crippen molar-refractivity contribution in [1.82, 2.24) is 9.78 Å². The SMILES string of the molecule is Cc1nn(-c2ccc(C#N)cc2)c(N)c1Br. The number of hydrogen-bond donors (Lipinski definition) is 1. The van der Waals surface area contributed by atoms with E-state index in [2.05, 4.69) is 27.1 Å². The lowest BCUT2D eigenvalue weighted by molar-refractivity contribution is 0.872. The molecule has 16 heavy (non-hydrogen) atoms. The van der Waals surface area contributed by atoms with Crippen LogP contribution in [0.25, 0.3) is 5.69 Å². The predicted molar refractivity (Wildman–Crippen MR) is 65.1 cm³/mol. The van der Waals surface area contributed by atoms with Crippen LogP contribution in [0.2, 0.25) is 0 Å². The summed E-state index contributed by atoms with van der Waals surface area (Å²) in [5, 5.41) is 13.0. The molecule has 0 aliphatic rings. The van der Waals surface area contributed by atoms with Crippen LogP contribution in [0.5, 0.6) is 0 Å². The van der Waals surface area contributed by atoms with E-state index in [0.29, 0.717) is 11.4 Å². The molecular formula is C11H9BrN4. The van der Waals surface area contributed by atoms with Gasteiger partial charge in [-0.2, -0.15) is 10.4 Å². The molecule has 4 nitrogen and oxygen atoms in total. The Bertz CT molecular complexity index is 563. The molecule has 0 aliphatic heterocycles. The topological polar surface area (TPSA) is 67.6 Å². The molecule has 1 aromatic heterocycles. The van der Waals surface area contributed by atoms with Gasteiger partial charge >= 0.3 is 0 Å². The molecule has 1 heterocycles. The number of benzene rings is 1. The minimum Gasteiger partial charge on any atom is -0.383 e. The van der Waals surface area contributed by atoms with E-state index in [1.54, 1.807) is 16.8 Å². The molecule has 0 saturated carbocycles. The molecule has 0 amide bonds. The monoisotopic (exact) mass is 276 g/mol. The highest BCUT2D eigenvalue weighted by atomic mass is 79.9. The van der Waals surface area contributed by atoms with Crippen LogP contribution >= 0.6 is 15.9 Å². The minimum absolute atomic E-state index is 0.558. The third-order valence-electron chi connectivity index (χ3n) is 2.26. The zero-order valence-electron chi connectivity index (χ0n) is 8.61. The summed E-state index contributed by atoms with van der Waals surface area (Å²) in [5.41, 5.74) is 8.18. The lowest BCUT2D eigenvalue weighted by atomic mass is 10.2. The fourth-order valence-electron chi connectivity index (χ4n) is 1.40. The Labute approximate surface area is 101 Å². The molecule has 0 saturated heterocycles. The molecule has 80 valence electrons. The molecular weight excluding hydrogens is 268 g/mol. The van der Waals surface area contributed by atoms with Gasteiger partial charge in [-0.25, -0.2) is 4.68 Å². The van der Waals surface area contributed by atoms with Crippen molar-refractivity contribution in [2.24, 2.45) is 0 Å². The first-order valence-corrected chi connectivity index (χ1v) is 5.44. The van der Waals surface area contributed by atoms with Crippen LogP contribution in [0.4, 0.5) is 5.82 Å². The van der Waals surface area contributed by atoms with E-state index >= 15 is 0 Å². The highest BCUT2D eigenvalue weighted by Crippen LogP contribution is 2.25. The molecule has 0 fully saturated rings. The summed E-state index contributed by atoms with van der Waals surface area (Å²) in [6, 6.07) is 9.16. The number of halogens is 1. The molecule has 0 unspecified atom stereocenters. The van der Waals surface area contributed by atoms with Crippen molar-refractivity contribution >= 4 is 21.7 Å². The third-order valence-corrected chi connectivity index (χ3v) is 3.24. The van der Waals surface area contributed by atoms with Gasteiger partial charge in [-0.1, -0.05) is 0 Å². The Kier molecular flexibility index (Phi) is 2.67. The fraction of sp³-hybridized carbons (Fsp3) is 0.0909. The van der Waals surface area contributed by atoms with Crippen molar-refractivity contribution in [2.45, 2.75) is 6.92 Å². The zero-order chi connectivity index (χ0) is 11.7. The maximum absolute atomic E-state index is 8.70. The van der Waals surface area contributed by atoms with Crippen LogP contribution in [0.15, 0.2) is 28.7 Å². The number of aromatic nitrogens is 2. The second kappa shape index (κ2) is 3.99. The van der Waals surface area contributed by atoms with E-state index in [1.807, 2.05) is 19.1 Å². The summed E-state index contributed by atoms with van der Waals surface area (Å²) >= 11 is 3.36. The average Bonchev–Trinajstić information content (AvgIpc) is 2.57. The molecule has 1 aromatic carbocycles. The maximum Gasteiger partial charge on any atom is 0.141 e. The summed E-state index contributed by atoms with van der Waals surface area (Å²) in [5.74, 6) is 0.558. The first-order valence-electron chi connectivity index (χ1n) is 4.64. The summed E-state index contributed by atoms with van der Waals surface area (Å²) in [6.45, 7) is 1.88. The van der Waals surface area contributed by atoms with Gasteiger partial charge < -0.3 is 5.73 Å². The van der Waals surface area contributed by atoms with E-state index < -0.39 is 0 Å². The number of nitrogens with zero attached hydrogens (tertiary/aromatic N) is 3. The van der Waals surface area contributed by atoms with Crippen LogP contribution in [0.3, 0.4) is 0 Å². The maximum atomic E-state index is 8.70. The van der Waals surface area contributed by atoms with Crippen molar-refractivity contribution in [3.8, 4) is 11.8 Å². The average molecular weight is 277 g/mol. The quantitative estimate of drug-likeness (QED) is 0.870. The highest BCUT2D eigenvalue weighted by molar-refractivity contribution is 9.10. The molecule has 2 aromatic rings. The van der Waals surface area contributed by atoms with Crippen molar-refractivity contribution in [1.29, 1.82) is 5.26 Å². The first kappa shape index (κ1) is 10.7. The lowest BCUT2D eigenvalue weighted by Crippen LogP contribution is -2.01. The molecule has 2 rings (SSSR count). The Morgan fingerprint density at radius 3 is 2.44 bits per heavy atom. The van der Waals surface area contributed by atoms with Gasteiger partial charge in [-0.15, -0.1) is 0 Å². The zero-order valence-corrected chi connectivity index (χ0v) is 10.2. The number of anilines is 1. The molecule has 5 heteroatoms. The molecule has 0 radical (unpaired) electrons. The normalized spacial score (nSPS) is 10.1. The lowest BCUT2D eigenvalue weighted by Gasteiger charge is -2.03. The number of hydrogen-bond acceptors (Lipinski definition) is 3. The van der Waals surface area contributed by atoms with Crippen LogP contribution < -0.4 is 5.73 Å². The largest absolute Gasteiger partial charge is 0.383 e. The van der Waals surface area contributed by atoms with Crippen LogP contribution in [0, 0.1) is 18.3 Å². The first-order chi connectivity index (χ1) is 7.63. The third kappa shape index (κ3) is 1.68. The molecule has 2 N–H and O–H groups in total. The number of nitrogen functional groups attached to an aromatic ring is 1. The van der Waals surface area contributed by atoms with Gasteiger partial charge in [0.15, 0.2) is 0 Å². The Morgan fingerprint density at radius 1 is 1.38 bits per heavy atom. The van der Waals surface area contributed by atoms with E-state index in [9.17, 15) is 0 Å². The van der Waals surface area contributed by atoms with Gasteiger partial charge in [-0.3, -0.25) is 0 Å². The van der Waals surface area contributed by atoms with Crippen molar-refractivity contribution in [3.05, 3.63) is 40.0 Å². The van der Waals surface area contributed by atoms with Crippen LogP contribution in [-0.2, 0) is 0 Å². The van der Waals surface area contributed by atoms with Gasteiger partial charge in [0.1, 0.15) is 5.82 Å². The Morgan fingerprint density at radius 2 is 2.00 bits per heavy atom. The standard InChI is InChI=1S/C11H9BrN4/c1-7-10(12)11(14)16(15-7)9-4-2-8(6-13)3-5-9/h2-5H,14H2,1H3. The van der Waals surface area contributed by atoms with Crippen molar-refractivity contribution in [3.63, 3.8) is 0 Å². The van der Waals surface area contributed by atoms with Crippen LogP contribution in [-0.4, -0.2) is 9.78 Å². The second-order valence-electron chi connectivity index (χ2n) is 3.36. The van der Waals surface area contributed by atoms with E-state index in [0.717, 1.165) is 15.9 Å². The number of rotatable bonds is 1. The van der Waals surface area contributed by atoms with Crippen LogP contribution in [0.1, 0.15) is 11.3 Å². The van der Waals surface area contributed by atoms with Gasteiger partial charge in [0.05, 0.1) is 27.5 Å². The van der Waals surface area contributed by atoms with Crippen molar-refractivity contribution in [2.75, 3.05) is 5.73 Å². The van der Waals surface area contributed by atoms with Gasteiger partial charge in [0, 0.05) is 0 Å². The van der Waals surface area contributed by atoms with E-state index in [-0.39, 0.29) is 0 Å². The molecule has 0 atom stereocenters. The van der Waals surface area contributed by atoms with E-state index in [1.165, 1.54) is 0 Å². The summed E-state index contributed by atoms with van der Waals surface area (Å²) in [6.07, 6.45) is 0. The number of nitrogens with two attached hydrogens (primary N) is 1. The summed E-state index contributed by atoms with van der Waals surface area (Å²) in [4.78, 5) is 0. The van der Waals surface area contributed by atoms with Gasteiger partial charge in [-0.05, 0) is 47.1 Å². The Balaban J connectivity index is 2.51. The molecule has 0 spiro atoms. The highest BCUT2D eigenvalue weighted by Gasteiger charge is 2.10.